The van der Waals surface area contributed by atoms with E-state index >= 15 is 0 Å². The van der Waals surface area contributed by atoms with E-state index in [1.807, 2.05) is 30.3 Å². The van der Waals surface area contributed by atoms with Crippen LogP contribution in [0.25, 0.3) is 0 Å². The molecule has 1 aliphatic rings. The van der Waals surface area contributed by atoms with Gasteiger partial charge in [-0.2, -0.15) is 0 Å². The number of aliphatic hydroxyl groups is 1. The molecule has 0 saturated heterocycles. The van der Waals surface area contributed by atoms with Crippen LogP contribution in [0.4, 0.5) is 0 Å². The summed E-state index contributed by atoms with van der Waals surface area (Å²) in [6.07, 6.45) is 2.48. The summed E-state index contributed by atoms with van der Waals surface area (Å²) >= 11 is 0. The van der Waals surface area contributed by atoms with E-state index in [0.29, 0.717) is 12.1 Å². The zero-order chi connectivity index (χ0) is 11.4. The minimum atomic E-state index is 0.0454. The van der Waals surface area contributed by atoms with Gasteiger partial charge in [-0.1, -0.05) is 30.3 Å². The molecule has 1 aliphatic carbocycles. The van der Waals surface area contributed by atoms with Crippen molar-refractivity contribution in [3.8, 4) is 0 Å². The average Bonchev–Trinajstić information content (AvgIpc) is 2.29. The predicted molar refractivity (Wildman–Crippen MR) is 63.2 cm³/mol. The summed E-state index contributed by atoms with van der Waals surface area (Å²) < 4.78 is 5.23. The molecular formula is C13H19NO2. The molecule has 0 spiro atoms. The van der Waals surface area contributed by atoms with Gasteiger partial charge in [-0.25, -0.2) is 0 Å². The van der Waals surface area contributed by atoms with Crippen molar-refractivity contribution in [2.45, 2.75) is 31.0 Å². The van der Waals surface area contributed by atoms with E-state index in [1.165, 1.54) is 0 Å². The zero-order valence-corrected chi connectivity index (χ0v) is 9.60. The maximum absolute atomic E-state index is 9.38. The Morgan fingerprint density at radius 1 is 1.38 bits per heavy atom. The molecular weight excluding hydrogens is 202 g/mol. The molecule has 0 radical (unpaired) electrons. The molecule has 1 saturated carbocycles. The highest BCUT2D eigenvalue weighted by atomic mass is 16.5. The molecule has 2 rings (SSSR count). The smallest absolute Gasteiger partial charge is 0.0626 e. The Balaban J connectivity index is 1.87. The molecule has 0 heterocycles. The van der Waals surface area contributed by atoms with Gasteiger partial charge in [0.05, 0.1) is 18.8 Å². The Morgan fingerprint density at radius 3 is 2.62 bits per heavy atom. The molecule has 1 fully saturated rings. The molecule has 1 aromatic rings. The summed E-state index contributed by atoms with van der Waals surface area (Å²) in [4.78, 5) is 0. The molecule has 1 aromatic carbocycles. The van der Waals surface area contributed by atoms with Crippen molar-refractivity contribution in [1.82, 2.24) is 5.32 Å². The Kier molecular flexibility index (Phi) is 3.93. The standard InChI is InChI=1S/C13H19NO2/c1-16-12-7-11(8-12)14-13(9-15)10-5-3-2-4-6-10/h2-6,11-15H,7-9H2,1H3. The SMILES string of the molecule is COC1CC(NC(CO)c2ccccc2)C1. The number of benzene rings is 1. The third-order valence-electron chi connectivity index (χ3n) is 3.25. The maximum atomic E-state index is 9.38. The quantitative estimate of drug-likeness (QED) is 0.791. The molecule has 0 bridgehead atoms. The number of ether oxygens (including phenoxy) is 1. The fraction of sp³-hybridized carbons (Fsp3) is 0.538. The molecule has 0 amide bonds. The van der Waals surface area contributed by atoms with E-state index in [-0.39, 0.29) is 12.6 Å². The number of hydrogen-bond acceptors (Lipinski definition) is 3. The summed E-state index contributed by atoms with van der Waals surface area (Å²) in [5.41, 5.74) is 1.14. The van der Waals surface area contributed by atoms with E-state index in [4.69, 9.17) is 4.74 Å². The second kappa shape index (κ2) is 5.43. The van der Waals surface area contributed by atoms with Gasteiger partial charge >= 0.3 is 0 Å². The van der Waals surface area contributed by atoms with Crippen molar-refractivity contribution in [1.29, 1.82) is 0 Å². The van der Waals surface area contributed by atoms with Crippen LogP contribution in [0.15, 0.2) is 30.3 Å². The minimum Gasteiger partial charge on any atom is -0.394 e. The van der Waals surface area contributed by atoms with Gasteiger partial charge in [-0.15, -0.1) is 0 Å². The van der Waals surface area contributed by atoms with E-state index in [0.717, 1.165) is 18.4 Å². The molecule has 2 N–H and O–H groups in total. The Hall–Kier alpha value is -0.900. The lowest BCUT2D eigenvalue weighted by Crippen LogP contribution is -2.47. The van der Waals surface area contributed by atoms with Crippen LogP contribution in [0, 0.1) is 0 Å². The summed E-state index contributed by atoms with van der Waals surface area (Å²) in [5.74, 6) is 0. The number of methoxy groups -OCH3 is 1. The van der Waals surface area contributed by atoms with Crippen LogP contribution in [0.3, 0.4) is 0 Å². The Morgan fingerprint density at radius 2 is 2.06 bits per heavy atom. The number of rotatable bonds is 5. The van der Waals surface area contributed by atoms with Crippen molar-refractivity contribution >= 4 is 0 Å². The topological polar surface area (TPSA) is 41.5 Å². The predicted octanol–water partition coefficient (Wildman–Crippen LogP) is 1.49. The second-order valence-corrected chi connectivity index (χ2v) is 4.34. The first-order chi connectivity index (χ1) is 7.83. The van der Waals surface area contributed by atoms with E-state index < -0.39 is 0 Å². The van der Waals surface area contributed by atoms with Gasteiger partial charge in [0.15, 0.2) is 0 Å². The largest absolute Gasteiger partial charge is 0.394 e. The lowest BCUT2D eigenvalue weighted by atomic mass is 9.88. The zero-order valence-electron chi connectivity index (χ0n) is 9.60. The molecule has 3 nitrogen and oxygen atoms in total. The van der Waals surface area contributed by atoms with Gasteiger partial charge in [0.25, 0.3) is 0 Å². The molecule has 0 aromatic heterocycles. The molecule has 1 atom stereocenters. The lowest BCUT2D eigenvalue weighted by Gasteiger charge is -2.37. The molecule has 3 heteroatoms. The van der Waals surface area contributed by atoms with Gasteiger partial charge in [-0.05, 0) is 18.4 Å². The van der Waals surface area contributed by atoms with Crippen molar-refractivity contribution < 1.29 is 9.84 Å². The van der Waals surface area contributed by atoms with Crippen LogP contribution >= 0.6 is 0 Å². The molecule has 1 unspecified atom stereocenters. The van der Waals surface area contributed by atoms with Crippen LogP contribution in [-0.4, -0.2) is 31.0 Å². The third-order valence-corrected chi connectivity index (χ3v) is 3.25. The van der Waals surface area contributed by atoms with Crippen LogP contribution < -0.4 is 5.32 Å². The summed E-state index contributed by atoms with van der Waals surface area (Å²) in [5, 5.41) is 12.8. The maximum Gasteiger partial charge on any atom is 0.0626 e. The fourth-order valence-electron chi connectivity index (χ4n) is 2.12. The van der Waals surface area contributed by atoms with Gasteiger partial charge < -0.3 is 15.2 Å². The first kappa shape index (κ1) is 11.6. The molecule has 16 heavy (non-hydrogen) atoms. The van der Waals surface area contributed by atoms with Crippen molar-refractivity contribution in [3.05, 3.63) is 35.9 Å². The van der Waals surface area contributed by atoms with Crippen molar-refractivity contribution in [3.63, 3.8) is 0 Å². The van der Waals surface area contributed by atoms with Crippen LogP contribution in [-0.2, 0) is 4.74 Å². The highest BCUT2D eigenvalue weighted by Crippen LogP contribution is 2.25. The molecule has 0 aliphatic heterocycles. The van der Waals surface area contributed by atoms with E-state index in [1.54, 1.807) is 7.11 Å². The first-order valence-electron chi connectivity index (χ1n) is 5.78. The van der Waals surface area contributed by atoms with Gasteiger partial charge in [-0.3, -0.25) is 0 Å². The summed E-state index contributed by atoms with van der Waals surface area (Å²) in [6, 6.07) is 10.6. The van der Waals surface area contributed by atoms with E-state index in [2.05, 4.69) is 5.32 Å². The van der Waals surface area contributed by atoms with Gasteiger partial charge in [0, 0.05) is 13.2 Å². The third kappa shape index (κ3) is 2.61. The highest BCUT2D eigenvalue weighted by molar-refractivity contribution is 5.19. The summed E-state index contributed by atoms with van der Waals surface area (Å²) in [6.45, 7) is 0.137. The normalized spacial score (nSPS) is 26.1. The molecule has 88 valence electrons. The second-order valence-electron chi connectivity index (χ2n) is 4.34. The minimum absolute atomic E-state index is 0.0454. The summed E-state index contributed by atoms with van der Waals surface area (Å²) in [7, 11) is 1.75. The monoisotopic (exact) mass is 221 g/mol. The first-order valence-corrected chi connectivity index (χ1v) is 5.78. The van der Waals surface area contributed by atoms with Crippen LogP contribution in [0.1, 0.15) is 24.4 Å². The highest BCUT2D eigenvalue weighted by Gasteiger charge is 2.30. The van der Waals surface area contributed by atoms with Crippen molar-refractivity contribution in [2.75, 3.05) is 13.7 Å². The van der Waals surface area contributed by atoms with Crippen molar-refractivity contribution in [2.24, 2.45) is 0 Å². The van der Waals surface area contributed by atoms with Crippen LogP contribution in [0.5, 0.6) is 0 Å². The Bertz CT molecular complexity index is 309. The lowest BCUT2D eigenvalue weighted by molar-refractivity contribution is 0.0117. The van der Waals surface area contributed by atoms with Gasteiger partial charge in [0.1, 0.15) is 0 Å². The number of hydrogen-bond donors (Lipinski definition) is 2. The fourth-order valence-corrected chi connectivity index (χ4v) is 2.12. The number of aliphatic hydroxyl groups excluding tert-OH is 1. The van der Waals surface area contributed by atoms with Gasteiger partial charge in [0.2, 0.25) is 0 Å². The number of nitrogens with one attached hydrogen (secondary N) is 1. The average molecular weight is 221 g/mol. The van der Waals surface area contributed by atoms with E-state index in [9.17, 15) is 5.11 Å². The Labute approximate surface area is 96.4 Å². The van der Waals surface area contributed by atoms with Crippen LogP contribution in [0.2, 0.25) is 0 Å².